The number of nitrogens with zero attached hydrogens (tertiary/aromatic N) is 4. The zero-order valence-corrected chi connectivity index (χ0v) is 19.9. The van der Waals surface area contributed by atoms with E-state index in [1.165, 1.54) is 11.3 Å². The second-order valence-corrected chi connectivity index (χ2v) is 10.3. The normalized spacial score (nSPS) is 15.3. The summed E-state index contributed by atoms with van der Waals surface area (Å²) in [6, 6.07) is 3.51. The fourth-order valence-electron chi connectivity index (χ4n) is 3.30. The second-order valence-electron chi connectivity index (χ2n) is 8.96. The third-order valence-corrected chi connectivity index (χ3v) is 6.38. The van der Waals surface area contributed by atoms with Crippen LogP contribution in [-0.4, -0.2) is 50.8 Å². The number of carbonyl (C=O) groups excluding carboxylic acids is 2. The molecule has 0 radical (unpaired) electrons. The number of hydrogen-bond acceptors (Lipinski definition) is 7. The molecule has 2 amide bonds. The Morgan fingerprint density at radius 3 is 2.69 bits per heavy atom. The van der Waals surface area contributed by atoms with E-state index in [9.17, 15) is 9.59 Å². The summed E-state index contributed by atoms with van der Waals surface area (Å²) < 4.78 is 0.750. The van der Waals surface area contributed by atoms with Crippen LogP contribution < -0.4 is 10.6 Å². The Morgan fingerprint density at radius 2 is 2.00 bits per heavy atom. The Kier molecular flexibility index (Phi) is 6.05. The van der Waals surface area contributed by atoms with Crippen molar-refractivity contribution in [2.24, 2.45) is 5.41 Å². The van der Waals surface area contributed by atoms with Gasteiger partial charge in [0, 0.05) is 30.9 Å². The van der Waals surface area contributed by atoms with Gasteiger partial charge in [0.25, 0.3) is 5.91 Å². The summed E-state index contributed by atoms with van der Waals surface area (Å²) in [4.78, 5) is 40.3. The van der Waals surface area contributed by atoms with Gasteiger partial charge in [0.1, 0.15) is 0 Å². The van der Waals surface area contributed by atoms with Crippen LogP contribution in [0.1, 0.15) is 49.8 Å². The molecule has 10 heteroatoms. The van der Waals surface area contributed by atoms with Gasteiger partial charge < -0.3 is 15.5 Å². The summed E-state index contributed by atoms with van der Waals surface area (Å²) in [6.07, 6.45) is 3.30. The van der Waals surface area contributed by atoms with Gasteiger partial charge in [0.2, 0.25) is 11.9 Å². The molecule has 4 rings (SSSR count). The Bertz CT molecular complexity index is 1170. The highest BCUT2D eigenvalue weighted by molar-refractivity contribution is 7.17. The number of hydrogen-bond donors (Lipinski definition) is 2. The van der Waals surface area contributed by atoms with Crippen molar-refractivity contribution in [2.45, 2.75) is 39.8 Å². The molecule has 32 heavy (non-hydrogen) atoms. The predicted molar refractivity (Wildman–Crippen MR) is 126 cm³/mol. The molecule has 0 bridgehead atoms. The van der Waals surface area contributed by atoms with E-state index >= 15 is 0 Å². The largest absolute Gasteiger partial charge is 0.349 e. The molecule has 0 aromatic carbocycles. The number of fused-ring (bicyclic) bond motifs is 1. The Hall–Kier alpha value is -2.78. The molecule has 1 aliphatic rings. The summed E-state index contributed by atoms with van der Waals surface area (Å²) in [6.45, 7) is 8.48. The maximum Gasteiger partial charge on any atom is 0.274 e. The lowest BCUT2D eigenvalue weighted by Gasteiger charge is -2.40. The van der Waals surface area contributed by atoms with Gasteiger partial charge in [-0.2, -0.15) is 0 Å². The Balaban J connectivity index is 1.50. The number of anilines is 1. The van der Waals surface area contributed by atoms with E-state index in [1.54, 1.807) is 17.3 Å². The van der Waals surface area contributed by atoms with Crippen molar-refractivity contribution in [3.8, 4) is 0 Å². The monoisotopic (exact) mass is 472 g/mol. The summed E-state index contributed by atoms with van der Waals surface area (Å²) in [5, 5.41) is 8.68. The lowest BCUT2D eigenvalue weighted by atomic mass is 9.94. The molecule has 1 aliphatic heterocycles. The minimum Gasteiger partial charge on any atom is -0.349 e. The van der Waals surface area contributed by atoms with Crippen LogP contribution >= 0.6 is 22.9 Å². The lowest BCUT2D eigenvalue weighted by Crippen LogP contribution is -2.62. The summed E-state index contributed by atoms with van der Waals surface area (Å²) >= 11 is 7.49. The Labute approximate surface area is 195 Å². The van der Waals surface area contributed by atoms with Crippen LogP contribution in [0.2, 0.25) is 5.02 Å². The molecule has 2 N–H and O–H groups in total. The van der Waals surface area contributed by atoms with Crippen LogP contribution in [0.15, 0.2) is 29.9 Å². The average molecular weight is 473 g/mol. The van der Waals surface area contributed by atoms with Crippen LogP contribution in [0.5, 0.6) is 0 Å². The van der Waals surface area contributed by atoms with E-state index in [0.29, 0.717) is 35.3 Å². The van der Waals surface area contributed by atoms with Gasteiger partial charge in [0.15, 0.2) is 5.69 Å². The number of amides is 2. The summed E-state index contributed by atoms with van der Waals surface area (Å²) in [5.41, 5.74) is 1.50. The number of nitrogens with one attached hydrogen (secondary N) is 2. The third kappa shape index (κ3) is 4.68. The average Bonchev–Trinajstić information content (AvgIpc) is 3.17. The standard InChI is InChI=1S/C22H25ClN6O2S/c1-12(13-7-14(23)9-24-8-13)25-21-27-16-5-6-32-18(16)17(28-21)19(30)29-10-15(11-29)26-20(31)22(2,3)4/h5-9,12,15H,10-11H2,1-4H3,(H,26,31)(H,25,27,28). The molecule has 0 spiro atoms. The topological polar surface area (TPSA) is 100 Å². The first kappa shape index (κ1) is 22.4. The number of rotatable bonds is 5. The van der Waals surface area contributed by atoms with E-state index in [0.717, 1.165) is 10.3 Å². The highest BCUT2D eigenvalue weighted by atomic mass is 35.5. The van der Waals surface area contributed by atoms with Crippen molar-refractivity contribution in [1.82, 2.24) is 25.2 Å². The van der Waals surface area contributed by atoms with Crippen molar-refractivity contribution in [2.75, 3.05) is 18.4 Å². The van der Waals surface area contributed by atoms with Gasteiger partial charge in [0.05, 0.1) is 27.3 Å². The number of pyridine rings is 1. The molecule has 1 fully saturated rings. The van der Waals surface area contributed by atoms with Gasteiger partial charge >= 0.3 is 0 Å². The minimum atomic E-state index is -0.462. The van der Waals surface area contributed by atoms with Crippen LogP contribution in [-0.2, 0) is 4.79 Å². The Morgan fingerprint density at radius 1 is 1.25 bits per heavy atom. The second kappa shape index (κ2) is 8.63. The molecule has 4 heterocycles. The number of aromatic nitrogens is 3. The predicted octanol–water partition coefficient (Wildman–Crippen LogP) is 3.90. The third-order valence-electron chi connectivity index (χ3n) is 5.26. The molecule has 3 aromatic heterocycles. The zero-order valence-electron chi connectivity index (χ0n) is 18.3. The number of halogens is 1. The minimum absolute atomic E-state index is 0.0201. The summed E-state index contributed by atoms with van der Waals surface area (Å²) in [7, 11) is 0. The van der Waals surface area contributed by atoms with Crippen molar-refractivity contribution in [3.05, 3.63) is 46.2 Å². The molecule has 0 aliphatic carbocycles. The van der Waals surface area contributed by atoms with Crippen molar-refractivity contribution < 1.29 is 9.59 Å². The number of carbonyl (C=O) groups is 2. The molecule has 1 unspecified atom stereocenters. The maximum absolute atomic E-state index is 13.2. The zero-order chi connectivity index (χ0) is 23.0. The van der Waals surface area contributed by atoms with E-state index in [1.807, 2.05) is 45.2 Å². The van der Waals surface area contributed by atoms with E-state index in [-0.39, 0.29) is 23.9 Å². The lowest BCUT2D eigenvalue weighted by molar-refractivity contribution is -0.130. The van der Waals surface area contributed by atoms with Crippen LogP contribution in [0.3, 0.4) is 0 Å². The van der Waals surface area contributed by atoms with Gasteiger partial charge in [-0.1, -0.05) is 32.4 Å². The fraction of sp³-hybridized carbons (Fsp3) is 0.409. The SMILES string of the molecule is CC(Nc1nc(C(=O)N2CC(NC(=O)C(C)(C)C)C2)c2sccc2n1)c1cncc(Cl)c1. The number of thiophene rings is 1. The van der Waals surface area contributed by atoms with E-state index in [2.05, 4.69) is 25.6 Å². The first-order valence-electron chi connectivity index (χ1n) is 10.3. The van der Waals surface area contributed by atoms with Gasteiger partial charge in [-0.15, -0.1) is 11.3 Å². The molecular weight excluding hydrogens is 448 g/mol. The maximum atomic E-state index is 13.2. The van der Waals surface area contributed by atoms with Gasteiger partial charge in [-0.05, 0) is 30.0 Å². The van der Waals surface area contributed by atoms with Crippen molar-refractivity contribution >= 4 is 50.9 Å². The van der Waals surface area contributed by atoms with Gasteiger partial charge in [-0.25, -0.2) is 9.97 Å². The fourth-order valence-corrected chi connectivity index (χ4v) is 4.30. The van der Waals surface area contributed by atoms with E-state index < -0.39 is 5.41 Å². The van der Waals surface area contributed by atoms with E-state index in [4.69, 9.17) is 11.6 Å². The molecule has 0 saturated carbocycles. The van der Waals surface area contributed by atoms with Crippen LogP contribution in [0.4, 0.5) is 5.95 Å². The molecule has 8 nitrogen and oxygen atoms in total. The molecule has 1 saturated heterocycles. The van der Waals surface area contributed by atoms with Gasteiger partial charge in [-0.3, -0.25) is 14.6 Å². The smallest absolute Gasteiger partial charge is 0.274 e. The highest BCUT2D eigenvalue weighted by Crippen LogP contribution is 2.28. The summed E-state index contributed by atoms with van der Waals surface area (Å²) in [5.74, 6) is 0.180. The van der Waals surface area contributed by atoms with Crippen molar-refractivity contribution in [1.29, 1.82) is 0 Å². The van der Waals surface area contributed by atoms with Crippen LogP contribution in [0.25, 0.3) is 10.2 Å². The first-order valence-corrected chi connectivity index (χ1v) is 11.6. The number of likely N-dealkylation sites (tertiary alicyclic amines) is 1. The highest BCUT2D eigenvalue weighted by Gasteiger charge is 2.36. The molecule has 168 valence electrons. The molecule has 3 aromatic rings. The van der Waals surface area contributed by atoms with Crippen molar-refractivity contribution in [3.63, 3.8) is 0 Å². The first-order chi connectivity index (χ1) is 15.1. The molecule has 1 atom stereocenters. The quantitative estimate of drug-likeness (QED) is 0.584. The van der Waals surface area contributed by atoms with Crippen LogP contribution in [0, 0.1) is 5.41 Å². The molecular formula is C22H25ClN6O2S.